The third-order valence-corrected chi connectivity index (χ3v) is 5.77. The Morgan fingerprint density at radius 2 is 2.00 bits per heavy atom. The van der Waals surface area contributed by atoms with E-state index in [4.69, 9.17) is 0 Å². The molecule has 3 rings (SSSR count). The van der Waals surface area contributed by atoms with Crippen LogP contribution in [0.5, 0.6) is 0 Å². The Bertz CT molecular complexity index is 606. The standard InChI is InChI=1S/C21H32N2O/c1-16-14-20(17(2)23(16)19-10-6-7-11-19)21(24)15-22-13-12-18-8-4-3-5-9-18/h8,14,19,22H,3-7,9-13,15H2,1-2H3. The fourth-order valence-electron chi connectivity index (χ4n) is 4.46. The molecule has 0 aromatic carbocycles. The van der Waals surface area contributed by atoms with Crippen LogP contribution in [0.4, 0.5) is 0 Å². The molecule has 0 radical (unpaired) electrons. The maximum Gasteiger partial charge on any atom is 0.178 e. The molecule has 0 aliphatic heterocycles. The predicted octanol–water partition coefficient (Wildman–Crippen LogP) is 4.88. The Hall–Kier alpha value is -1.35. The van der Waals surface area contributed by atoms with Gasteiger partial charge in [-0.3, -0.25) is 4.79 Å². The highest BCUT2D eigenvalue weighted by Gasteiger charge is 2.23. The van der Waals surface area contributed by atoms with Crippen molar-refractivity contribution in [2.75, 3.05) is 13.1 Å². The summed E-state index contributed by atoms with van der Waals surface area (Å²) < 4.78 is 2.41. The minimum atomic E-state index is 0.241. The van der Waals surface area contributed by atoms with Crippen molar-refractivity contribution in [1.29, 1.82) is 0 Å². The van der Waals surface area contributed by atoms with Gasteiger partial charge in [0.1, 0.15) is 0 Å². The van der Waals surface area contributed by atoms with E-state index in [2.05, 4.69) is 35.9 Å². The van der Waals surface area contributed by atoms with Gasteiger partial charge in [0.2, 0.25) is 0 Å². The van der Waals surface area contributed by atoms with E-state index in [0.29, 0.717) is 12.6 Å². The molecule has 0 spiro atoms. The highest BCUT2D eigenvalue weighted by molar-refractivity contribution is 5.99. The fourth-order valence-corrected chi connectivity index (χ4v) is 4.46. The molecular formula is C21H32N2O. The monoisotopic (exact) mass is 328 g/mol. The summed E-state index contributed by atoms with van der Waals surface area (Å²) in [5.41, 5.74) is 4.90. The lowest BCUT2D eigenvalue weighted by Gasteiger charge is -2.17. The van der Waals surface area contributed by atoms with Gasteiger partial charge in [-0.05, 0) is 71.4 Å². The van der Waals surface area contributed by atoms with Crippen LogP contribution in [-0.4, -0.2) is 23.4 Å². The van der Waals surface area contributed by atoms with Crippen molar-refractivity contribution in [2.24, 2.45) is 0 Å². The molecule has 0 saturated heterocycles. The summed E-state index contributed by atoms with van der Waals surface area (Å²) >= 11 is 0. The Morgan fingerprint density at radius 1 is 1.21 bits per heavy atom. The van der Waals surface area contributed by atoms with E-state index < -0.39 is 0 Å². The summed E-state index contributed by atoms with van der Waals surface area (Å²) in [7, 11) is 0. The van der Waals surface area contributed by atoms with Crippen molar-refractivity contribution in [1.82, 2.24) is 9.88 Å². The Balaban J connectivity index is 1.53. The number of nitrogens with one attached hydrogen (secondary N) is 1. The number of nitrogens with zero attached hydrogens (tertiary/aromatic N) is 1. The van der Waals surface area contributed by atoms with Crippen LogP contribution in [0.15, 0.2) is 17.7 Å². The lowest BCUT2D eigenvalue weighted by molar-refractivity contribution is 0.0990. The topological polar surface area (TPSA) is 34.0 Å². The van der Waals surface area contributed by atoms with Gasteiger partial charge >= 0.3 is 0 Å². The zero-order valence-electron chi connectivity index (χ0n) is 15.4. The predicted molar refractivity (Wildman–Crippen MR) is 99.8 cm³/mol. The van der Waals surface area contributed by atoms with Crippen LogP contribution >= 0.6 is 0 Å². The van der Waals surface area contributed by atoms with Gasteiger partial charge in [-0.2, -0.15) is 0 Å². The molecule has 1 N–H and O–H groups in total. The molecule has 0 bridgehead atoms. The van der Waals surface area contributed by atoms with Crippen molar-refractivity contribution >= 4 is 5.78 Å². The number of aryl methyl sites for hydroxylation is 1. The van der Waals surface area contributed by atoms with Crippen molar-refractivity contribution < 1.29 is 4.79 Å². The molecule has 2 aliphatic carbocycles. The van der Waals surface area contributed by atoms with Crippen LogP contribution in [0.1, 0.15) is 85.6 Å². The number of carbonyl (C=O) groups is 1. The minimum absolute atomic E-state index is 0.241. The van der Waals surface area contributed by atoms with Gasteiger partial charge in [0, 0.05) is 23.0 Å². The molecule has 1 saturated carbocycles. The number of hydrogen-bond acceptors (Lipinski definition) is 2. The van der Waals surface area contributed by atoms with Crippen molar-refractivity contribution in [2.45, 2.75) is 77.7 Å². The Morgan fingerprint density at radius 3 is 2.71 bits per heavy atom. The van der Waals surface area contributed by atoms with Crippen LogP contribution in [-0.2, 0) is 0 Å². The first kappa shape index (κ1) is 17.5. The van der Waals surface area contributed by atoms with Crippen molar-refractivity contribution in [3.63, 3.8) is 0 Å². The highest BCUT2D eigenvalue weighted by atomic mass is 16.1. The van der Waals surface area contributed by atoms with Gasteiger partial charge in [-0.1, -0.05) is 24.5 Å². The number of allylic oxidation sites excluding steroid dienone is 1. The summed E-state index contributed by atoms with van der Waals surface area (Å²) in [5, 5.41) is 3.36. The largest absolute Gasteiger partial charge is 0.345 e. The van der Waals surface area contributed by atoms with Crippen LogP contribution in [0.3, 0.4) is 0 Å². The van der Waals surface area contributed by atoms with Crippen LogP contribution in [0, 0.1) is 13.8 Å². The molecule has 0 amide bonds. The molecule has 132 valence electrons. The van der Waals surface area contributed by atoms with E-state index in [1.54, 1.807) is 5.57 Å². The van der Waals surface area contributed by atoms with Gasteiger partial charge in [0.15, 0.2) is 5.78 Å². The number of aromatic nitrogens is 1. The van der Waals surface area contributed by atoms with Gasteiger partial charge in [-0.15, -0.1) is 0 Å². The maximum absolute atomic E-state index is 12.6. The van der Waals surface area contributed by atoms with E-state index in [1.807, 2.05) is 0 Å². The normalized spacial score (nSPS) is 18.8. The number of carbonyl (C=O) groups excluding carboxylic acids is 1. The molecule has 2 aliphatic rings. The quantitative estimate of drug-likeness (QED) is 0.439. The average molecular weight is 329 g/mol. The maximum atomic E-state index is 12.6. The van der Waals surface area contributed by atoms with Crippen LogP contribution < -0.4 is 5.32 Å². The molecule has 0 unspecified atom stereocenters. The van der Waals surface area contributed by atoms with E-state index in [1.165, 1.54) is 62.8 Å². The molecule has 24 heavy (non-hydrogen) atoms. The number of ketones is 1. The van der Waals surface area contributed by atoms with Crippen molar-refractivity contribution in [3.05, 3.63) is 34.7 Å². The van der Waals surface area contributed by atoms with Crippen LogP contribution in [0.2, 0.25) is 0 Å². The Kier molecular flexibility index (Phi) is 5.94. The molecule has 0 atom stereocenters. The first-order chi connectivity index (χ1) is 11.7. The van der Waals surface area contributed by atoms with Gasteiger partial charge in [0.05, 0.1) is 6.54 Å². The third-order valence-electron chi connectivity index (χ3n) is 5.77. The van der Waals surface area contributed by atoms with Gasteiger partial charge in [0.25, 0.3) is 0 Å². The lowest BCUT2D eigenvalue weighted by Crippen LogP contribution is -2.25. The smallest absolute Gasteiger partial charge is 0.178 e. The molecule has 1 aromatic heterocycles. The number of Topliss-reactive ketones (excluding diaryl/α,β-unsaturated/α-hetero) is 1. The van der Waals surface area contributed by atoms with E-state index >= 15 is 0 Å². The summed E-state index contributed by atoms with van der Waals surface area (Å²) in [6.45, 7) is 5.64. The summed E-state index contributed by atoms with van der Waals surface area (Å²) in [6.07, 6.45) is 13.8. The van der Waals surface area contributed by atoms with E-state index in [-0.39, 0.29) is 5.78 Å². The second kappa shape index (κ2) is 8.15. The average Bonchev–Trinajstić information content (AvgIpc) is 3.20. The third kappa shape index (κ3) is 4.00. The van der Waals surface area contributed by atoms with Gasteiger partial charge < -0.3 is 9.88 Å². The molecule has 3 nitrogen and oxygen atoms in total. The molecule has 1 heterocycles. The summed E-state index contributed by atoms with van der Waals surface area (Å²) in [6, 6.07) is 2.71. The van der Waals surface area contributed by atoms with E-state index in [0.717, 1.165) is 18.5 Å². The lowest BCUT2D eigenvalue weighted by atomic mass is 9.97. The fraction of sp³-hybridized carbons (Fsp3) is 0.667. The minimum Gasteiger partial charge on any atom is -0.345 e. The molecule has 3 heteroatoms. The van der Waals surface area contributed by atoms with Crippen molar-refractivity contribution in [3.8, 4) is 0 Å². The highest BCUT2D eigenvalue weighted by Crippen LogP contribution is 2.33. The molecule has 1 fully saturated rings. The Labute approximate surface area is 146 Å². The zero-order chi connectivity index (χ0) is 16.9. The van der Waals surface area contributed by atoms with Crippen LogP contribution in [0.25, 0.3) is 0 Å². The first-order valence-electron chi connectivity index (χ1n) is 9.77. The number of hydrogen-bond donors (Lipinski definition) is 1. The van der Waals surface area contributed by atoms with Gasteiger partial charge in [-0.25, -0.2) is 0 Å². The SMILES string of the molecule is Cc1cc(C(=O)CNCCC2=CCCCC2)c(C)n1C1CCCC1. The van der Waals surface area contributed by atoms with E-state index in [9.17, 15) is 4.79 Å². The summed E-state index contributed by atoms with van der Waals surface area (Å²) in [5.74, 6) is 0.241. The second-order valence-electron chi connectivity index (χ2n) is 7.55. The zero-order valence-corrected chi connectivity index (χ0v) is 15.4. The molecule has 1 aromatic rings. The first-order valence-corrected chi connectivity index (χ1v) is 9.77. The second-order valence-corrected chi connectivity index (χ2v) is 7.55. The summed E-state index contributed by atoms with van der Waals surface area (Å²) in [4.78, 5) is 12.6. The number of rotatable bonds is 7. The molecular weight excluding hydrogens is 296 g/mol.